The Bertz CT molecular complexity index is 1390. The molecule has 2 aromatic carbocycles. The summed E-state index contributed by atoms with van der Waals surface area (Å²) in [5.74, 6) is -6.54. The van der Waals surface area contributed by atoms with Crippen molar-refractivity contribution in [3.63, 3.8) is 0 Å². The number of benzene rings is 2. The van der Waals surface area contributed by atoms with Crippen LogP contribution in [0.15, 0.2) is 59.4 Å². The van der Waals surface area contributed by atoms with Gasteiger partial charge in [0, 0.05) is 17.1 Å². The molecule has 4 atom stereocenters. The summed E-state index contributed by atoms with van der Waals surface area (Å²) in [5.41, 5.74) is 3.55. The van der Waals surface area contributed by atoms with E-state index in [0.717, 1.165) is 0 Å². The number of aliphatic hydroxyl groups excluding tert-OH is 2. The Morgan fingerprint density at radius 3 is 2.33 bits per heavy atom. The molecule has 0 bridgehead atoms. The molecule has 186 valence electrons. The van der Waals surface area contributed by atoms with Gasteiger partial charge in [-0.05, 0) is 44.0 Å². The Morgan fingerprint density at radius 1 is 1.06 bits per heavy atom. The van der Waals surface area contributed by atoms with Crippen LogP contribution in [0.2, 0.25) is 0 Å². The number of phenolic OH excluding ortho intramolecular Hbond substituents is 1. The van der Waals surface area contributed by atoms with Crippen molar-refractivity contribution in [3.8, 4) is 16.9 Å². The summed E-state index contributed by atoms with van der Waals surface area (Å²) in [7, 11) is 3.13. The number of hydrogen-bond donors (Lipinski definition) is 5. The smallest absolute Gasteiger partial charge is 0.255 e. The SMILES string of the molecule is CN(C)[C@@H]1C(=O)C(C(N)=O)=C(O)[C@@]2(O)C(=O)C3=C(O)c4c(ccc(-c5ccccc5)c4O)C[C@H]3C[C@@H]12. The summed E-state index contributed by atoms with van der Waals surface area (Å²) in [5, 5.41) is 44.9. The zero-order chi connectivity index (χ0) is 26.1. The molecule has 0 aliphatic heterocycles. The van der Waals surface area contributed by atoms with Gasteiger partial charge < -0.3 is 26.2 Å². The highest BCUT2D eigenvalue weighted by molar-refractivity contribution is 6.24. The molecule has 1 saturated carbocycles. The average Bonchev–Trinajstić information content (AvgIpc) is 2.81. The number of aromatic hydroxyl groups is 1. The van der Waals surface area contributed by atoms with E-state index in [0.29, 0.717) is 16.7 Å². The lowest BCUT2D eigenvalue weighted by Gasteiger charge is -2.50. The van der Waals surface area contributed by atoms with Gasteiger partial charge in [0.2, 0.25) is 5.78 Å². The summed E-state index contributed by atoms with van der Waals surface area (Å²) < 4.78 is 0. The van der Waals surface area contributed by atoms with E-state index in [4.69, 9.17) is 5.73 Å². The maximum absolute atomic E-state index is 13.8. The van der Waals surface area contributed by atoms with Gasteiger partial charge in [0.15, 0.2) is 11.4 Å². The maximum atomic E-state index is 13.8. The number of primary amides is 1. The van der Waals surface area contributed by atoms with Gasteiger partial charge in [-0.15, -0.1) is 0 Å². The van der Waals surface area contributed by atoms with Crippen molar-refractivity contribution in [2.45, 2.75) is 24.5 Å². The molecule has 0 aromatic heterocycles. The number of amides is 1. The number of nitrogens with zero attached hydrogens (tertiary/aromatic N) is 1. The number of aliphatic hydroxyl groups is 3. The van der Waals surface area contributed by atoms with Crippen LogP contribution < -0.4 is 5.73 Å². The molecule has 36 heavy (non-hydrogen) atoms. The molecule has 3 aliphatic carbocycles. The van der Waals surface area contributed by atoms with Gasteiger partial charge in [0.25, 0.3) is 5.91 Å². The minimum atomic E-state index is -2.64. The highest BCUT2D eigenvalue weighted by Crippen LogP contribution is 2.53. The summed E-state index contributed by atoms with van der Waals surface area (Å²) in [6.45, 7) is 0. The fourth-order valence-corrected chi connectivity index (χ4v) is 6.07. The largest absolute Gasteiger partial charge is 0.508 e. The van der Waals surface area contributed by atoms with Crippen LogP contribution in [0.3, 0.4) is 0 Å². The van der Waals surface area contributed by atoms with E-state index in [1.165, 1.54) is 4.90 Å². The molecule has 0 radical (unpaired) electrons. The number of likely N-dealkylation sites (N-methyl/N-ethyl adjacent to an activating group) is 1. The third-order valence-electron chi connectivity index (χ3n) is 7.68. The van der Waals surface area contributed by atoms with Gasteiger partial charge in [-0.2, -0.15) is 0 Å². The topological polar surface area (TPSA) is 161 Å². The van der Waals surface area contributed by atoms with Crippen molar-refractivity contribution in [1.29, 1.82) is 0 Å². The molecule has 9 heteroatoms. The molecular formula is C27H26N2O7. The monoisotopic (exact) mass is 490 g/mol. The molecule has 0 spiro atoms. The molecule has 2 aromatic rings. The molecule has 1 amide bonds. The van der Waals surface area contributed by atoms with Crippen LogP contribution in [-0.4, -0.2) is 68.5 Å². The number of rotatable bonds is 3. The molecule has 6 N–H and O–H groups in total. The Balaban J connectivity index is 1.72. The maximum Gasteiger partial charge on any atom is 0.255 e. The van der Waals surface area contributed by atoms with Gasteiger partial charge >= 0.3 is 0 Å². The van der Waals surface area contributed by atoms with Crippen molar-refractivity contribution < 1.29 is 34.8 Å². The fraction of sp³-hybridized carbons (Fsp3) is 0.296. The van der Waals surface area contributed by atoms with Crippen LogP contribution in [0.25, 0.3) is 16.9 Å². The molecule has 0 heterocycles. The number of Topliss-reactive ketones (excluding diaryl/α,β-unsaturated/α-hetero) is 2. The lowest BCUT2D eigenvalue weighted by Crippen LogP contribution is -2.65. The third-order valence-corrected chi connectivity index (χ3v) is 7.68. The van der Waals surface area contributed by atoms with Crippen LogP contribution in [-0.2, 0) is 20.8 Å². The number of phenols is 1. The number of fused-ring (bicyclic) bond motifs is 3. The minimum absolute atomic E-state index is 0.0625. The predicted molar refractivity (Wildman–Crippen MR) is 130 cm³/mol. The van der Waals surface area contributed by atoms with Crippen molar-refractivity contribution in [2.24, 2.45) is 17.6 Å². The second kappa shape index (κ2) is 8.04. The number of carbonyl (C=O) groups excluding carboxylic acids is 3. The van der Waals surface area contributed by atoms with Gasteiger partial charge in [-0.3, -0.25) is 19.3 Å². The Hall–Kier alpha value is -3.95. The first-order valence-corrected chi connectivity index (χ1v) is 11.5. The molecule has 0 saturated heterocycles. The molecule has 0 unspecified atom stereocenters. The number of nitrogens with two attached hydrogens (primary N) is 1. The Kier molecular flexibility index (Phi) is 5.31. The Labute approximate surface area is 206 Å². The summed E-state index contributed by atoms with van der Waals surface area (Å²) in [4.78, 5) is 40.4. The van der Waals surface area contributed by atoms with Crippen LogP contribution in [0, 0.1) is 11.8 Å². The molecule has 9 nitrogen and oxygen atoms in total. The molecular weight excluding hydrogens is 464 g/mol. The van der Waals surface area contributed by atoms with E-state index >= 15 is 0 Å². The second-order valence-corrected chi connectivity index (χ2v) is 9.82. The van der Waals surface area contributed by atoms with Gasteiger partial charge in [-0.25, -0.2) is 0 Å². The van der Waals surface area contributed by atoms with Crippen molar-refractivity contribution in [1.82, 2.24) is 4.90 Å². The first-order chi connectivity index (χ1) is 17.0. The quantitative estimate of drug-likeness (QED) is 0.406. The zero-order valence-electron chi connectivity index (χ0n) is 19.7. The van der Waals surface area contributed by atoms with Crippen molar-refractivity contribution >= 4 is 23.2 Å². The van der Waals surface area contributed by atoms with Gasteiger partial charge in [0.05, 0.1) is 11.6 Å². The van der Waals surface area contributed by atoms with Crippen molar-refractivity contribution in [2.75, 3.05) is 14.1 Å². The van der Waals surface area contributed by atoms with Crippen LogP contribution >= 0.6 is 0 Å². The molecule has 1 fully saturated rings. The van der Waals surface area contributed by atoms with Gasteiger partial charge in [-0.1, -0.05) is 42.5 Å². The second-order valence-electron chi connectivity index (χ2n) is 9.82. The summed E-state index contributed by atoms with van der Waals surface area (Å²) in [6.07, 6.45) is 0.324. The van der Waals surface area contributed by atoms with Crippen molar-refractivity contribution in [3.05, 3.63) is 70.5 Å². The van der Waals surface area contributed by atoms with Crippen LogP contribution in [0.4, 0.5) is 0 Å². The summed E-state index contributed by atoms with van der Waals surface area (Å²) >= 11 is 0. The van der Waals surface area contributed by atoms with Crippen LogP contribution in [0.5, 0.6) is 5.75 Å². The molecule has 5 rings (SSSR count). The minimum Gasteiger partial charge on any atom is -0.508 e. The first kappa shape index (κ1) is 23.8. The standard InChI is InChI=1S/C27H26N2O7/c1-29(2)20-16-11-14-10-13-8-9-15(12-6-4-3-5-7-12)21(30)17(13)22(31)18(14)24(33)27(16,36)25(34)19(23(20)32)26(28)35/h3-9,14,16,20,30-31,34,36H,10-11H2,1-2H3,(H2,28,35)/t14-,16-,20-,27-/m0/s1. The van der Waals surface area contributed by atoms with E-state index in [9.17, 15) is 34.8 Å². The number of hydrogen-bond acceptors (Lipinski definition) is 8. The highest BCUT2D eigenvalue weighted by Gasteiger charge is 2.64. The zero-order valence-corrected chi connectivity index (χ0v) is 19.7. The number of carbonyl (C=O) groups is 3. The molecule has 3 aliphatic rings. The Morgan fingerprint density at radius 2 is 1.72 bits per heavy atom. The van der Waals surface area contributed by atoms with E-state index < -0.39 is 58.0 Å². The van der Waals surface area contributed by atoms with E-state index in [2.05, 4.69) is 0 Å². The van der Waals surface area contributed by atoms with E-state index in [-0.39, 0.29) is 29.7 Å². The highest BCUT2D eigenvalue weighted by atomic mass is 16.3. The first-order valence-electron chi connectivity index (χ1n) is 11.5. The third kappa shape index (κ3) is 3.06. The fourth-order valence-electron chi connectivity index (χ4n) is 6.07. The van der Waals surface area contributed by atoms with Crippen LogP contribution in [0.1, 0.15) is 17.5 Å². The lowest BCUT2D eigenvalue weighted by molar-refractivity contribution is -0.153. The average molecular weight is 491 g/mol. The normalized spacial score (nSPS) is 27.6. The lowest BCUT2D eigenvalue weighted by atomic mass is 9.57. The van der Waals surface area contributed by atoms with E-state index in [1.54, 1.807) is 50.5 Å². The van der Waals surface area contributed by atoms with Gasteiger partial charge in [0.1, 0.15) is 22.8 Å². The van der Waals surface area contributed by atoms with E-state index in [1.807, 2.05) is 6.07 Å². The summed E-state index contributed by atoms with van der Waals surface area (Å²) in [6, 6.07) is 11.4. The predicted octanol–water partition coefficient (Wildman–Crippen LogP) is 1.63. The number of ketones is 2.